The Morgan fingerprint density at radius 3 is 1.90 bits per heavy atom. The van der Waals surface area contributed by atoms with Crippen LogP contribution in [0.4, 0.5) is 5.82 Å². The Kier molecular flexibility index (Phi) is 31.9. The molecule has 1 saturated heterocycles. The number of carbonyl (C=O) groups is 9. The van der Waals surface area contributed by atoms with Crippen molar-refractivity contribution >= 4 is 79.4 Å². The van der Waals surface area contributed by atoms with E-state index in [0.29, 0.717) is 25.0 Å². The number of anilines is 1. The van der Waals surface area contributed by atoms with E-state index < -0.39 is 111 Å². The first-order valence-electron chi connectivity index (χ1n) is 30.8. The van der Waals surface area contributed by atoms with Crippen LogP contribution in [0.1, 0.15) is 76.8 Å². The molecule has 0 aliphatic carbocycles. The number of ether oxygens (including phenoxy) is 3. The number of hydrogen-bond donors (Lipinski definition) is 12. The van der Waals surface area contributed by atoms with Gasteiger partial charge in [-0.3, -0.25) is 62.4 Å². The molecule has 2 aliphatic rings. The normalized spacial score (nSPS) is 15.9. The van der Waals surface area contributed by atoms with Crippen LogP contribution in [0.2, 0.25) is 0 Å². The van der Waals surface area contributed by atoms with Gasteiger partial charge in [0.05, 0.1) is 51.0 Å². The van der Waals surface area contributed by atoms with Crippen LogP contribution >= 0.6 is 0 Å². The average Bonchev–Trinajstić information content (AvgIpc) is 0.802. The van der Waals surface area contributed by atoms with E-state index in [9.17, 15) is 85.0 Å². The lowest BCUT2D eigenvalue weighted by atomic mass is 9.96. The van der Waals surface area contributed by atoms with Crippen molar-refractivity contribution < 1.29 is 99.2 Å². The molecule has 12 N–H and O–H groups in total. The van der Waals surface area contributed by atoms with Crippen molar-refractivity contribution in [1.29, 1.82) is 0 Å². The number of aliphatic carboxylic acids is 4. The van der Waals surface area contributed by atoms with Crippen molar-refractivity contribution in [3.05, 3.63) is 82.0 Å². The molecule has 34 heteroatoms. The summed E-state index contributed by atoms with van der Waals surface area (Å²) in [7, 11) is -9.22. The smallest absolute Gasteiger partial charge is 0.323 e. The van der Waals surface area contributed by atoms with E-state index in [-0.39, 0.29) is 152 Å². The minimum Gasteiger partial charge on any atom is -0.494 e. The first kappa shape index (κ1) is 76.7. The summed E-state index contributed by atoms with van der Waals surface area (Å²) in [5, 5.41) is 54.2. The molecule has 1 unspecified atom stereocenters. The summed E-state index contributed by atoms with van der Waals surface area (Å²) in [5.74, 6) is -8.41. The maximum Gasteiger partial charge on any atom is 0.323 e. The molecule has 520 valence electrons. The van der Waals surface area contributed by atoms with Crippen LogP contribution in [-0.4, -0.2) is 257 Å². The number of benzene rings is 2. The maximum absolute atomic E-state index is 13.6. The van der Waals surface area contributed by atoms with Crippen molar-refractivity contribution in [2.75, 3.05) is 136 Å². The van der Waals surface area contributed by atoms with E-state index in [1.54, 1.807) is 39.0 Å². The third kappa shape index (κ3) is 29.1. The lowest BCUT2D eigenvalue weighted by Gasteiger charge is -2.31. The molecule has 0 bridgehead atoms. The summed E-state index contributed by atoms with van der Waals surface area (Å²) in [5.41, 5.74) is 3.91. The quantitative estimate of drug-likeness (QED) is 0.0239. The van der Waals surface area contributed by atoms with Gasteiger partial charge in [0.25, 0.3) is 16.0 Å². The zero-order valence-corrected chi connectivity index (χ0v) is 54.4. The van der Waals surface area contributed by atoms with E-state index >= 15 is 0 Å². The molecule has 0 saturated carbocycles. The summed E-state index contributed by atoms with van der Waals surface area (Å²) in [4.78, 5) is 120. The van der Waals surface area contributed by atoms with Gasteiger partial charge in [-0.2, -0.15) is 13.1 Å². The van der Waals surface area contributed by atoms with Gasteiger partial charge in [-0.1, -0.05) is 18.2 Å². The largest absolute Gasteiger partial charge is 0.494 e. The lowest BCUT2D eigenvalue weighted by molar-refractivity contribution is -0.140. The predicted octanol–water partition coefficient (Wildman–Crippen LogP) is -1.12. The number of rotatable bonds is 38. The Balaban J connectivity index is 0.931. The number of sulfonamides is 1. The molecule has 1 aromatic heterocycles. The molecule has 32 nitrogen and oxygen atoms in total. The van der Waals surface area contributed by atoms with E-state index in [1.807, 2.05) is 6.07 Å². The van der Waals surface area contributed by atoms with E-state index in [4.69, 9.17) is 19.2 Å². The third-order valence-corrected chi connectivity index (χ3v) is 17.6. The molecule has 3 atom stereocenters. The molecule has 2 aliphatic heterocycles. The molecule has 0 spiro atoms. The van der Waals surface area contributed by atoms with Gasteiger partial charge in [0, 0.05) is 83.0 Å². The Morgan fingerprint density at radius 1 is 0.670 bits per heavy atom. The number of pyridine rings is 1. The second-order valence-corrected chi connectivity index (χ2v) is 25.9. The van der Waals surface area contributed by atoms with Gasteiger partial charge >= 0.3 is 23.9 Å². The summed E-state index contributed by atoms with van der Waals surface area (Å²) in [6, 6.07) is 10.4. The minimum atomic E-state index is -4.80. The number of aromatic nitrogens is 1. The highest BCUT2D eigenvalue weighted by molar-refractivity contribution is 7.89. The van der Waals surface area contributed by atoms with Crippen molar-refractivity contribution in [3.63, 3.8) is 0 Å². The molecule has 1 fully saturated rings. The molecular weight excluding hydrogens is 1270 g/mol. The molecule has 2 aromatic carbocycles. The van der Waals surface area contributed by atoms with Gasteiger partial charge in [-0.25, -0.2) is 13.4 Å². The number of amides is 5. The van der Waals surface area contributed by atoms with Crippen LogP contribution in [-0.2, 0) is 87.2 Å². The SMILES string of the molecule is Cc1cc(OCCCC(=O)NCCNC(=O)COCCOCCNC(=O)[C@H](CS(=O)(=O)O)NC(=O)CN2CCC(CC(=O)O)CCN(CC(=O)O)CCN(CC(=O)O)CC2)cc(C)c1S(=O)(=O)N[C@@H](CNC(=O)c1ccc(CCc2ccc3c(n2)NCCC3)cc1)C(=O)O. The number of fused-ring (bicyclic) bond motifs is 1. The Hall–Kier alpha value is -7.96. The fourth-order valence-electron chi connectivity index (χ4n) is 10.4. The summed E-state index contributed by atoms with van der Waals surface area (Å²) < 4.78 is 79.2. The van der Waals surface area contributed by atoms with E-state index in [2.05, 4.69) is 42.7 Å². The second-order valence-electron chi connectivity index (χ2n) is 22.8. The Morgan fingerprint density at radius 2 is 1.29 bits per heavy atom. The van der Waals surface area contributed by atoms with Crippen molar-refractivity contribution in [2.45, 2.75) is 88.6 Å². The van der Waals surface area contributed by atoms with E-state index in [1.165, 1.54) is 31.5 Å². The first-order chi connectivity index (χ1) is 44.6. The van der Waals surface area contributed by atoms with Crippen LogP contribution in [0.15, 0.2) is 53.4 Å². The van der Waals surface area contributed by atoms with E-state index in [0.717, 1.165) is 36.5 Å². The molecule has 5 amide bonds. The van der Waals surface area contributed by atoms with Crippen LogP contribution in [0.3, 0.4) is 0 Å². The highest BCUT2D eigenvalue weighted by Gasteiger charge is 2.31. The van der Waals surface area contributed by atoms with Crippen molar-refractivity contribution in [2.24, 2.45) is 5.92 Å². The van der Waals surface area contributed by atoms with Crippen LogP contribution in [0.25, 0.3) is 0 Å². The van der Waals surface area contributed by atoms with Crippen LogP contribution in [0.5, 0.6) is 5.75 Å². The number of carbonyl (C=O) groups excluding carboxylic acids is 5. The highest BCUT2D eigenvalue weighted by Crippen LogP contribution is 2.27. The second kappa shape index (κ2) is 39.0. The number of nitrogens with one attached hydrogen (secondary N) is 7. The zero-order chi connectivity index (χ0) is 68.8. The van der Waals surface area contributed by atoms with Crippen molar-refractivity contribution in [3.8, 4) is 5.75 Å². The zero-order valence-electron chi connectivity index (χ0n) is 52.7. The number of aryl methyl sites for hydroxylation is 5. The predicted molar refractivity (Wildman–Crippen MR) is 338 cm³/mol. The highest BCUT2D eigenvalue weighted by atomic mass is 32.2. The molecule has 94 heavy (non-hydrogen) atoms. The average molecular weight is 1360 g/mol. The standard InChI is InChI=1S/C60H87N11O21S2/c1-40-31-47(32-41(2)56(40)94(88,89)68-48(60(83)84)34-65-58(81)45-10-7-42(8-11-45)9-13-46-14-12-44-5-3-17-63-57(44)66-46)92-27-4-6-50(72)61-18-19-62-52(74)38-91-30-29-90-28-20-64-59(82)49(39-93(85,86)87)67-51(73)35-69-21-15-43(33-53(75)76)16-22-70(36-54(77)78)24-26-71(25-23-69)37-55(79)80/h7-8,10-12,14,31-32,43,48-49,68H,3-6,9,13,15-30,33-39H2,1-2H3,(H,61,72)(H,62,74)(H,63,66)(H,64,82)(H,65,81)(H,67,73)(H,75,76)(H,77,78)(H,79,80)(H,83,84)(H,85,86,87)/t43?,48-,49-/m0/s1. The summed E-state index contributed by atoms with van der Waals surface area (Å²) in [6.07, 6.45) is 4.09. The topological polar surface area (TPSA) is 458 Å². The van der Waals surface area contributed by atoms with Gasteiger partial charge in [-0.05, 0) is 130 Å². The fraction of sp³-hybridized carbons (Fsp3) is 0.567. The minimum absolute atomic E-state index is 0.0313. The molecular formula is C60H87N11O21S2. The van der Waals surface area contributed by atoms with Gasteiger partial charge in [-0.15, -0.1) is 0 Å². The van der Waals surface area contributed by atoms with Gasteiger partial charge in [0.1, 0.15) is 36.0 Å². The molecule has 3 aromatic rings. The van der Waals surface area contributed by atoms with Gasteiger partial charge in [0.15, 0.2) is 0 Å². The van der Waals surface area contributed by atoms with Crippen LogP contribution < -0.4 is 41.4 Å². The lowest BCUT2D eigenvalue weighted by Crippen LogP contribution is -2.53. The maximum atomic E-state index is 13.6. The van der Waals surface area contributed by atoms with Gasteiger partial charge < -0.3 is 66.5 Å². The number of hydrogen-bond acceptors (Lipinski definition) is 21. The fourth-order valence-corrected chi connectivity index (χ4v) is 12.7. The summed E-state index contributed by atoms with van der Waals surface area (Å²) >= 11 is 0. The molecule has 5 rings (SSSR count). The number of carboxylic acid groups (broad SMARTS) is 4. The van der Waals surface area contributed by atoms with Gasteiger partial charge in [0.2, 0.25) is 33.7 Å². The molecule has 0 radical (unpaired) electrons. The monoisotopic (exact) mass is 1360 g/mol. The van der Waals surface area contributed by atoms with Crippen LogP contribution in [0, 0.1) is 19.8 Å². The summed E-state index contributed by atoms with van der Waals surface area (Å²) in [6.45, 7) is 2.65. The Labute approximate surface area is 545 Å². The Bertz CT molecular complexity index is 3250. The number of nitrogens with zero attached hydrogens (tertiary/aromatic N) is 4. The first-order valence-corrected chi connectivity index (χ1v) is 33.8. The third-order valence-electron chi connectivity index (χ3n) is 15.1. The number of carboxylic acids is 4. The molecule has 3 heterocycles. The van der Waals surface area contributed by atoms with Crippen molar-refractivity contribution in [1.82, 2.24) is 51.0 Å².